The minimum absolute atomic E-state index is 0.292. The topological polar surface area (TPSA) is 92.9 Å². The lowest BCUT2D eigenvalue weighted by molar-refractivity contribution is -0.118. The van der Waals surface area contributed by atoms with Crippen molar-refractivity contribution < 1.29 is 4.79 Å². The summed E-state index contributed by atoms with van der Waals surface area (Å²) in [4.78, 5) is 18.8. The molecule has 6 nitrogen and oxygen atoms in total. The number of carbonyl (C=O) groups excluding carboxylic acids is 1. The van der Waals surface area contributed by atoms with E-state index in [-0.39, 0.29) is 5.91 Å². The number of hydrogen-bond acceptors (Lipinski definition) is 5. The fraction of sp³-hybridized carbons (Fsp3) is 0.444. The largest absolute Gasteiger partial charge is 0.370 e. The maximum absolute atomic E-state index is 10.5. The molecule has 0 atom stereocenters. The Balaban J connectivity index is 2.49. The lowest BCUT2D eigenvalue weighted by Crippen LogP contribution is -2.13. The molecule has 0 aromatic carbocycles. The van der Waals surface area contributed by atoms with E-state index in [2.05, 4.69) is 36.5 Å². The predicted molar refractivity (Wildman–Crippen MR) is 66.2 cm³/mol. The first-order valence-corrected chi connectivity index (χ1v) is 5.65. The van der Waals surface area contributed by atoms with Gasteiger partial charge in [0.2, 0.25) is 11.9 Å². The molecule has 0 spiro atoms. The van der Waals surface area contributed by atoms with Gasteiger partial charge in [-0.2, -0.15) is 4.98 Å². The van der Waals surface area contributed by atoms with E-state index in [1.807, 2.05) is 0 Å². The van der Waals surface area contributed by atoms with Crippen LogP contribution in [0.4, 0.5) is 11.8 Å². The van der Waals surface area contributed by atoms with Gasteiger partial charge in [0.05, 0.1) is 4.47 Å². The number of halogens is 1. The van der Waals surface area contributed by atoms with Crippen molar-refractivity contribution in [3.63, 3.8) is 0 Å². The van der Waals surface area contributed by atoms with E-state index in [4.69, 9.17) is 5.73 Å². The number of aromatic nitrogens is 2. The number of rotatable bonds is 6. The van der Waals surface area contributed by atoms with Gasteiger partial charge < -0.3 is 16.4 Å². The quantitative estimate of drug-likeness (QED) is 0.678. The minimum Gasteiger partial charge on any atom is -0.370 e. The molecule has 1 heterocycles. The van der Waals surface area contributed by atoms with E-state index in [0.29, 0.717) is 31.2 Å². The van der Waals surface area contributed by atoms with Crippen LogP contribution >= 0.6 is 15.9 Å². The normalized spacial score (nSPS) is 9.88. The average molecular weight is 288 g/mol. The maximum Gasteiger partial charge on any atom is 0.224 e. The standard InChI is InChI=1S/C9H14BrN5O/c1-12-9-14-5-6(10)8(15-9)13-4-2-3-7(11)16/h5H,2-4H2,1H3,(H2,11,16)(H2,12,13,14,15). The van der Waals surface area contributed by atoms with E-state index in [1.54, 1.807) is 13.2 Å². The van der Waals surface area contributed by atoms with Gasteiger partial charge >= 0.3 is 0 Å². The van der Waals surface area contributed by atoms with E-state index in [0.717, 1.165) is 4.47 Å². The average Bonchev–Trinajstić information content (AvgIpc) is 2.26. The molecule has 0 aliphatic heterocycles. The number of hydrogen-bond donors (Lipinski definition) is 3. The molecule has 1 aromatic rings. The highest BCUT2D eigenvalue weighted by Crippen LogP contribution is 2.19. The Morgan fingerprint density at radius 1 is 1.62 bits per heavy atom. The highest BCUT2D eigenvalue weighted by Gasteiger charge is 2.03. The van der Waals surface area contributed by atoms with Crippen LogP contribution < -0.4 is 16.4 Å². The van der Waals surface area contributed by atoms with Crippen LogP contribution in [0.3, 0.4) is 0 Å². The van der Waals surface area contributed by atoms with E-state index >= 15 is 0 Å². The summed E-state index contributed by atoms with van der Waals surface area (Å²) in [6.07, 6.45) is 2.71. The van der Waals surface area contributed by atoms with Crippen LogP contribution in [0.15, 0.2) is 10.7 Å². The van der Waals surface area contributed by atoms with Gasteiger partial charge in [0.1, 0.15) is 5.82 Å². The van der Waals surface area contributed by atoms with Crippen LogP contribution in [0.1, 0.15) is 12.8 Å². The zero-order valence-electron chi connectivity index (χ0n) is 8.96. The van der Waals surface area contributed by atoms with Crippen molar-refractivity contribution in [2.75, 3.05) is 24.2 Å². The second kappa shape index (κ2) is 6.26. The third-order valence-corrected chi connectivity index (χ3v) is 2.44. The van der Waals surface area contributed by atoms with Crippen LogP contribution in [-0.2, 0) is 4.79 Å². The number of nitrogens with two attached hydrogens (primary N) is 1. The van der Waals surface area contributed by atoms with Crippen LogP contribution in [0.2, 0.25) is 0 Å². The third kappa shape index (κ3) is 4.01. The molecular formula is C9H14BrN5O. The van der Waals surface area contributed by atoms with Crippen molar-refractivity contribution in [1.29, 1.82) is 0 Å². The number of nitrogens with one attached hydrogen (secondary N) is 2. The van der Waals surface area contributed by atoms with Gasteiger partial charge in [-0.3, -0.25) is 4.79 Å². The number of nitrogens with zero attached hydrogens (tertiary/aromatic N) is 2. The third-order valence-electron chi connectivity index (χ3n) is 1.86. The van der Waals surface area contributed by atoms with Crippen molar-refractivity contribution >= 4 is 33.6 Å². The second-order valence-electron chi connectivity index (χ2n) is 3.14. The Morgan fingerprint density at radius 2 is 2.38 bits per heavy atom. The van der Waals surface area contributed by atoms with E-state index < -0.39 is 0 Å². The minimum atomic E-state index is -0.292. The molecule has 0 aliphatic rings. The highest BCUT2D eigenvalue weighted by atomic mass is 79.9. The lowest BCUT2D eigenvalue weighted by atomic mass is 10.3. The number of primary amides is 1. The Morgan fingerprint density at radius 3 is 3.00 bits per heavy atom. The Hall–Kier alpha value is -1.37. The zero-order valence-corrected chi connectivity index (χ0v) is 10.5. The molecule has 16 heavy (non-hydrogen) atoms. The Kier molecular flexibility index (Phi) is 4.97. The predicted octanol–water partition coefficient (Wildman–Crippen LogP) is 0.958. The molecule has 0 unspecified atom stereocenters. The fourth-order valence-electron chi connectivity index (χ4n) is 1.08. The molecule has 0 fully saturated rings. The van der Waals surface area contributed by atoms with E-state index in [9.17, 15) is 4.79 Å². The molecule has 0 aliphatic carbocycles. The first kappa shape index (κ1) is 12.7. The molecular weight excluding hydrogens is 274 g/mol. The summed E-state index contributed by atoms with van der Waals surface area (Å²) >= 11 is 3.33. The molecule has 7 heteroatoms. The van der Waals surface area contributed by atoms with Crippen molar-refractivity contribution in [1.82, 2.24) is 9.97 Å². The van der Waals surface area contributed by atoms with Gasteiger partial charge in [-0.1, -0.05) is 0 Å². The summed E-state index contributed by atoms with van der Waals surface area (Å²) < 4.78 is 0.783. The van der Waals surface area contributed by atoms with Crippen molar-refractivity contribution in [3.05, 3.63) is 10.7 Å². The van der Waals surface area contributed by atoms with Gasteiger partial charge in [-0.05, 0) is 22.4 Å². The van der Waals surface area contributed by atoms with Crippen LogP contribution in [0, 0.1) is 0 Å². The number of carbonyl (C=O) groups is 1. The van der Waals surface area contributed by atoms with Gasteiger partial charge in [-0.25, -0.2) is 4.98 Å². The zero-order chi connectivity index (χ0) is 12.0. The summed E-state index contributed by atoms with van der Waals surface area (Å²) in [5, 5.41) is 5.94. The Bertz CT molecular complexity index is 371. The summed E-state index contributed by atoms with van der Waals surface area (Å²) in [7, 11) is 1.75. The molecule has 4 N–H and O–H groups in total. The van der Waals surface area contributed by atoms with E-state index in [1.165, 1.54) is 0 Å². The molecule has 0 saturated heterocycles. The second-order valence-corrected chi connectivity index (χ2v) is 3.99. The van der Waals surface area contributed by atoms with Crippen molar-refractivity contribution in [2.24, 2.45) is 5.73 Å². The smallest absolute Gasteiger partial charge is 0.224 e. The van der Waals surface area contributed by atoms with Crippen molar-refractivity contribution in [3.8, 4) is 0 Å². The lowest BCUT2D eigenvalue weighted by Gasteiger charge is -2.07. The molecule has 0 bridgehead atoms. The molecule has 0 saturated carbocycles. The van der Waals surface area contributed by atoms with Gasteiger partial charge in [-0.15, -0.1) is 0 Å². The number of anilines is 2. The van der Waals surface area contributed by atoms with Crippen LogP contribution in [0.5, 0.6) is 0 Å². The maximum atomic E-state index is 10.5. The highest BCUT2D eigenvalue weighted by molar-refractivity contribution is 9.10. The monoisotopic (exact) mass is 287 g/mol. The first-order chi connectivity index (χ1) is 7.63. The molecule has 1 aromatic heterocycles. The summed E-state index contributed by atoms with van der Waals surface area (Å²) in [6, 6.07) is 0. The van der Waals surface area contributed by atoms with Crippen LogP contribution in [-0.4, -0.2) is 29.5 Å². The molecule has 0 radical (unpaired) electrons. The summed E-state index contributed by atoms with van der Waals surface area (Å²) in [6.45, 7) is 0.641. The van der Waals surface area contributed by atoms with Crippen molar-refractivity contribution in [2.45, 2.75) is 12.8 Å². The first-order valence-electron chi connectivity index (χ1n) is 4.86. The Labute approximate surface area is 102 Å². The van der Waals surface area contributed by atoms with Gasteiger partial charge in [0.25, 0.3) is 0 Å². The van der Waals surface area contributed by atoms with Gasteiger partial charge in [0.15, 0.2) is 0 Å². The summed E-state index contributed by atoms with van der Waals surface area (Å²) in [5.74, 6) is 0.948. The van der Waals surface area contributed by atoms with Gasteiger partial charge in [0, 0.05) is 26.2 Å². The number of amides is 1. The molecule has 1 amide bonds. The SMILES string of the molecule is CNc1ncc(Br)c(NCCCC(N)=O)n1. The fourth-order valence-corrected chi connectivity index (χ4v) is 1.41. The molecule has 88 valence electrons. The summed E-state index contributed by atoms with van der Waals surface area (Å²) in [5.41, 5.74) is 5.04. The molecule has 1 rings (SSSR count). The van der Waals surface area contributed by atoms with Crippen LogP contribution in [0.25, 0.3) is 0 Å².